The molecule has 0 aliphatic heterocycles. The maximum Gasteiger partial charge on any atom is 0.532 e. The van der Waals surface area contributed by atoms with Gasteiger partial charge in [-0.15, -0.1) is 0 Å². The number of hydrogen-bond donors (Lipinski definition) is 0. The summed E-state index contributed by atoms with van der Waals surface area (Å²) < 4.78 is 18.7. The molecule has 0 N–H and O–H groups in total. The molecule has 0 fully saturated rings. The van der Waals surface area contributed by atoms with Crippen molar-refractivity contribution in [2.24, 2.45) is 0 Å². The van der Waals surface area contributed by atoms with Crippen LogP contribution in [0.5, 0.6) is 0 Å². The van der Waals surface area contributed by atoms with Crippen LogP contribution in [0.2, 0.25) is 0 Å². The first-order valence-electron chi connectivity index (χ1n) is 8.90. The summed E-state index contributed by atoms with van der Waals surface area (Å²) in [6.07, 6.45) is 12.8. The maximum absolute atomic E-state index is 6.25. The highest BCUT2D eigenvalue weighted by atomic mass is 28.4. The summed E-state index contributed by atoms with van der Waals surface area (Å²) in [5.41, 5.74) is 0. The molecule has 0 aromatic heterocycles. The van der Waals surface area contributed by atoms with E-state index in [1.165, 1.54) is 30.9 Å². The van der Waals surface area contributed by atoms with Crippen LogP contribution in [0.1, 0.15) is 78.6 Å². The van der Waals surface area contributed by atoms with Crippen molar-refractivity contribution in [3.63, 3.8) is 0 Å². The Morgan fingerprint density at radius 2 is 1.33 bits per heavy atom. The first-order valence-corrected chi connectivity index (χ1v) is 10.6. The van der Waals surface area contributed by atoms with Crippen molar-refractivity contribution in [2.75, 3.05) is 19.8 Å². The van der Waals surface area contributed by atoms with E-state index in [9.17, 15) is 0 Å². The van der Waals surface area contributed by atoms with Gasteiger partial charge in [0.05, 0.1) is 0 Å². The van der Waals surface area contributed by atoms with E-state index in [0.717, 1.165) is 51.9 Å². The zero-order valence-corrected chi connectivity index (χ0v) is 15.3. The predicted molar refractivity (Wildman–Crippen MR) is 90.3 cm³/mol. The molecule has 0 amide bonds. The average molecular weight is 315 g/mol. The standard InChI is InChI=1S/C17H34O3Si/c1-4-14-18-21(19-15-5-2,20-16-6-3)17-12-10-8-7-9-11-13-17/h12H,4-11,13-16H2,1-3H3/b17-12+. The molecule has 0 aromatic rings. The van der Waals surface area contributed by atoms with E-state index in [0.29, 0.717) is 0 Å². The molecule has 1 aliphatic rings. The molecule has 0 heterocycles. The van der Waals surface area contributed by atoms with Gasteiger partial charge in [0, 0.05) is 19.8 Å². The van der Waals surface area contributed by atoms with Crippen molar-refractivity contribution in [1.29, 1.82) is 0 Å². The first kappa shape index (κ1) is 18.9. The van der Waals surface area contributed by atoms with Crippen LogP contribution in [0, 0.1) is 0 Å². The van der Waals surface area contributed by atoms with Crippen LogP contribution >= 0.6 is 0 Å². The van der Waals surface area contributed by atoms with Gasteiger partial charge in [-0.05, 0) is 50.1 Å². The Kier molecular flexibility index (Phi) is 10.3. The highest BCUT2D eigenvalue weighted by Crippen LogP contribution is 2.28. The van der Waals surface area contributed by atoms with E-state index in [1.807, 2.05) is 0 Å². The summed E-state index contributed by atoms with van der Waals surface area (Å²) in [6, 6.07) is 0. The largest absolute Gasteiger partial charge is 0.532 e. The third-order valence-electron chi connectivity index (χ3n) is 3.67. The molecule has 4 heteroatoms. The minimum absolute atomic E-state index is 0.733. The van der Waals surface area contributed by atoms with Gasteiger partial charge in [-0.3, -0.25) is 0 Å². The molecule has 124 valence electrons. The van der Waals surface area contributed by atoms with Crippen molar-refractivity contribution in [3.05, 3.63) is 11.3 Å². The quantitative estimate of drug-likeness (QED) is 0.530. The number of rotatable bonds is 10. The highest BCUT2D eigenvalue weighted by Gasteiger charge is 2.45. The fraction of sp³-hybridized carbons (Fsp3) is 0.882. The summed E-state index contributed by atoms with van der Waals surface area (Å²) in [5.74, 6) is 0. The van der Waals surface area contributed by atoms with Gasteiger partial charge in [-0.2, -0.15) is 0 Å². The topological polar surface area (TPSA) is 27.7 Å². The molecule has 3 nitrogen and oxygen atoms in total. The van der Waals surface area contributed by atoms with Crippen LogP contribution in [0.4, 0.5) is 0 Å². The average Bonchev–Trinajstić information content (AvgIpc) is 2.47. The second kappa shape index (κ2) is 11.4. The van der Waals surface area contributed by atoms with Crippen molar-refractivity contribution in [2.45, 2.75) is 78.6 Å². The lowest BCUT2D eigenvalue weighted by Crippen LogP contribution is -2.49. The molecule has 0 spiro atoms. The van der Waals surface area contributed by atoms with Crippen molar-refractivity contribution in [3.8, 4) is 0 Å². The zero-order chi connectivity index (χ0) is 15.4. The Balaban J connectivity index is 2.91. The van der Waals surface area contributed by atoms with Gasteiger partial charge >= 0.3 is 8.80 Å². The van der Waals surface area contributed by atoms with E-state index in [4.69, 9.17) is 13.3 Å². The lowest BCUT2D eigenvalue weighted by Gasteiger charge is -2.32. The molecule has 1 rings (SSSR count). The third kappa shape index (κ3) is 6.64. The van der Waals surface area contributed by atoms with Crippen molar-refractivity contribution < 1.29 is 13.3 Å². The highest BCUT2D eigenvalue weighted by molar-refractivity contribution is 6.68. The Bertz CT molecular complexity index is 270. The molecule has 0 aromatic carbocycles. The van der Waals surface area contributed by atoms with Crippen molar-refractivity contribution in [1.82, 2.24) is 0 Å². The molecule has 0 saturated carbocycles. The molecular weight excluding hydrogens is 280 g/mol. The molecule has 1 aliphatic carbocycles. The van der Waals surface area contributed by atoms with E-state index >= 15 is 0 Å². The normalized spacial score (nSPS) is 19.7. The minimum Gasteiger partial charge on any atom is -0.370 e. The predicted octanol–water partition coefficient (Wildman–Crippen LogP) is 5.02. The van der Waals surface area contributed by atoms with Crippen LogP contribution < -0.4 is 0 Å². The zero-order valence-electron chi connectivity index (χ0n) is 14.3. The Morgan fingerprint density at radius 3 is 1.86 bits per heavy atom. The summed E-state index contributed by atoms with van der Waals surface area (Å²) >= 11 is 0. The van der Waals surface area contributed by atoms with Gasteiger partial charge in [0.15, 0.2) is 0 Å². The van der Waals surface area contributed by atoms with Gasteiger partial charge in [0.1, 0.15) is 0 Å². The summed E-state index contributed by atoms with van der Waals surface area (Å²) in [5, 5.41) is 1.34. The molecule has 0 atom stereocenters. The SMILES string of the molecule is CCCO[Si](OCCC)(OCCC)/C1=C/CCCCCC1. The summed E-state index contributed by atoms with van der Waals surface area (Å²) in [4.78, 5) is 0. The number of hydrogen-bond acceptors (Lipinski definition) is 3. The second-order valence-electron chi connectivity index (χ2n) is 5.78. The van der Waals surface area contributed by atoms with Crippen LogP contribution in [0.25, 0.3) is 0 Å². The van der Waals surface area contributed by atoms with Crippen LogP contribution in [0.15, 0.2) is 11.3 Å². The Morgan fingerprint density at radius 1 is 0.810 bits per heavy atom. The van der Waals surface area contributed by atoms with Crippen molar-refractivity contribution >= 4 is 8.80 Å². The molecule has 0 radical (unpaired) electrons. The molecule has 0 saturated heterocycles. The molecule has 0 bridgehead atoms. The molecule has 0 unspecified atom stereocenters. The van der Waals surface area contributed by atoms with Gasteiger partial charge in [-0.1, -0.05) is 39.7 Å². The maximum atomic E-state index is 6.25. The first-order chi connectivity index (χ1) is 10.3. The third-order valence-corrected chi connectivity index (χ3v) is 6.67. The van der Waals surface area contributed by atoms with E-state index in [-0.39, 0.29) is 0 Å². The molecular formula is C17H34O3Si. The Labute approximate surface area is 132 Å². The fourth-order valence-electron chi connectivity index (χ4n) is 2.58. The van der Waals surface area contributed by atoms with E-state index in [1.54, 1.807) is 0 Å². The second-order valence-corrected chi connectivity index (χ2v) is 8.40. The van der Waals surface area contributed by atoms with Gasteiger partial charge in [-0.25, -0.2) is 0 Å². The number of allylic oxidation sites excluding steroid dienone is 2. The summed E-state index contributed by atoms with van der Waals surface area (Å²) in [6.45, 7) is 8.63. The van der Waals surface area contributed by atoms with Crippen LogP contribution in [-0.4, -0.2) is 28.6 Å². The van der Waals surface area contributed by atoms with Crippen LogP contribution in [-0.2, 0) is 13.3 Å². The minimum atomic E-state index is -2.65. The monoisotopic (exact) mass is 314 g/mol. The van der Waals surface area contributed by atoms with Gasteiger partial charge < -0.3 is 13.3 Å². The van der Waals surface area contributed by atoms with E-state index in [2.05, 4.69) is 26.8 Å². The van der Waals surface area contributed by atoms with Gasteiger partial charge in [0.25, 0.3) is 0 Å². The fourth-order valence-corrected chi connectivity index (χ4v) is 5.68. The van der Waals surface area contributed by atoms with E-state index < -0.39 is 8.80 Å². The Hall–Kier alpha value is -0.163. The summed E-state index contributed by atoms with van der Waals surface area (Å²) in [7, 11) is -2.65. The molecule has 21 heavy (non-hydrogen) atoms. The lowest BCUT2D eigenvalue weighted by molar-refractivity contribution is 0.0670. The lowest BCUT2D eigenvalue weighted by atomic mass is 10.1. The van der Waals surface area contributed by atoms with Gasteiger partial charge in [0.2, 0.25) is 0 Å². The van der Waals surface area contributed by atoms with Crippen LogP contribution in [0.3, 0.4) is 0 Å². The smallest absolute Gasteiger partial charge is 0.370 e.